The van der Waals surface area contributed by atoms with E-state index in [1.165, 1.54) is 6.20 Å². The van der Waals surface area contributed by atoms with E-state index >= 15 is 0 Å². The molecular formula is C15H12F3NO. The molecule has 0 atom stereocenters. The Balaban J connectivity index is 2.10. The Kier molecular flexibility index (Phi) is 3.12. The van der Waals surface area contributed by atoms with Gasteiger partial charge in [0.2, 0.25) is 0 Å². The first-order chi connectivity index (χ1) is 9.55. The zero-order valence-corrected chi connectivity index (χ0v) is 10.6. The second-order valence-corrected chi connectivity index (χ2v) is 4.67. The van der Waals surface area contributed by atoms with E-state index in [0.29, 0.717) is 23.5 Å². The highest BCUT2D eigenvalue weighted by molar-refractivity contribution is 5.72. The van der Waals surface area contributed by atoms with Crippen LogP contribution in [0.5, 0.6) is 5.75 Å². The molecule has 1 aromatic carbocycles. The van der Waals surface area contributed by atoms with Gasteiger partial charge in [-0.15, -0.1) is 0 Å². The first-order valence-electron chi connectivity index (χ1n) is 6.34. The fraction of sp³-hybridized carbons (Fsp3) is 0.267. The third-order valence-corrected chi connectivity index (χ3v) is 3.29. The van der Waals surface area contributed by atoms with E-state index in [9.17, 15) is 13.2 Å². The average molecular weight is 279 g/mol. The highest BCUT2D eigenvalue weighted by Gasteiger charge is 2.32. The van der Waals surface area contributed by atoms with Crippen LogP contribution in [0.25, 0.3) is 11.1 Å². The summed E-state index contributed by atoms with van der Waals surface area (Å²) in [6.07, 6.45) is -1.44. The third kappa shape index (κ3) is 2.35. The molecule has 0 amide bonds. The first kappa shape index (κ1) is 13.0. The maximum atomic E-state index is 12.7. The Morgan fingerprint density at radius 1 is 1.15 bits per heavy atom. The summed E-state index contributed by atoms with van der Waals surface area (Å²) in [5, 5.41) is 0. The molecule has 0 spiro atoms. The van der Waals surface area contributed by atoms with Crippen molar-refractivity contribution in [3.63, 3.8) is 0 Å². The molecule has 0 fully saturated rings. The van der Waals surface area contributed by atoms with Crippen molar-refractivity contribution in [2.75, 3.05) is 6.61 Å². The molecule has 0 unspecified atom stereocenters. The number of para-hydroxylation sites is 1. The summed E-state index contributed by atoms with van der Waals surface area (Å²) in [5.41, 5.74) is 1.32. The monoisotopic (exact) mass is 279 g/mol. The Morgan fingerprint density at radius 3 is 2.80 bits per heavy atom. The second kappa shape index (κ2) is 4.81. The van der Waals surface area contributed by atoms with Gasteiger partial charge in [0.15, 0.2) is 0 Å². The lowest BCUT2D eigenvalue weighted by Gasteiger charge is -2.20. The molecule has 1 aliphatic rings. The molecule has 2 aromatic rings. The molecule has 0 bridgehead atoms. The lowest BCUT2D eigenvalue weighted by molar-refractivity contribution is -0.141. The SMILES string of the molecule is FC(F)(F)c1cc(-c2cccc3c2OCCC3)ccn1. The topological polar surface area (TPSA) is 22.1 Å². The zero-order chi connectivity index (χ0) is 14.2. The molecule has 1 aromatic heterocycles. The summed E-state index contributed by atoms with van der Waals surface area (Å²) >= 11 is 0. The lowest BCUT2D eigenvalue weighted by Crippen LogP contribution is -2.10. The van der Waals surface area contributed by atoms with Crippen LogP contribution in [0.1, 0.15) is 17.7 Å². The summed E-state index contributed by atoms with van der Waals surface area (Å²) in [7, 11) is 0. The predicted octanol–water partition coefficient (Wildman–Crippen LogP) is 4.09. The van der Waals surface area contributed by atoms with E-state index in [2.05, 4.69) is 4.98 Å². The van der Waals surface area contributed by atoms with Crippen LogP contribution in [0, 0.1) is 0 Å². The summed E-state index contributed by atoms with van der Waals surface area (Å²) in [4.78, 5) is 3.38. The molecule has 0 saturated carbocycles. The van der Waals surface area contributed by atoms with Crippen molar-refractivity contribution in [3.8, 4) is 16.9 Å². The van der Waals surface area contributed by atoms with Gasteiger partial charge >= 0.3 is 6.18 Å². The van der Waals surface area contributed by atoms with Gasteiger partial charge in [0.1, 0.15) is 11.4 Å². The van der Waals surface area contributed by atoms with E-state index in [4.69, 9.17) is 4.74 Å². The number of benzene rings is 1. The molecule has 0 N–H and O–H groups in total. The van der Waals surface area contributed by atoms with Gasteiger partial charge in [0, 0.05) is 11.8 Å². The standard InChI is InChI=1S/C15H12F3NO/c16-15(17,18)13-9-11(6-7-19-13)12-5-1-3-10-4-2-8-20-14(10)12/h1,3,5-7,9H,2,4,8H2. The van der Waals surface area contributed by atoms with Crippen molar-refractivity contribution in [2.24, 2.45) is 0 Å². The number of halogens is 3. The first-order valence-corrected chi connectivity index (χ1v) is 6.34. The number of rotatable bonds is 1. The Hall–Kier alpha value is -2.04. The Morgan fingerprint density at radius 2 is 2.00 bits per heavy atom. The highest BCUT2D eigenvalue weighted by Crippen LogP contribution is 2.37. The second-order valence-electron chi connectivity index (χ2n) is 4.67. The minimum atomic E-state index is -4.44. The van der Waals surface area contributed by atoms with Gasteiger partial charge in [-0.1, -0.05) is 18.2 Å². The van der Waals surface area contributed by atoms with Crippen LogP contribution in [0.3, 0.4) is 0 Å². The predicted molar refractivity (Wildman–Crippen MR) is 68.5 cm³/mol. The summed E-state index contributed by atoms with van der Waals surface area (Å²) in [6.45, 7) is 0.598. The van der Waals surface area contributed by atoms with Crippen LogP contribution >= 0.6 is 0 Å². The van der Waals surface area contributed by atoms with Crippen LogP contribution in [0.4, 0.5) is 13.2 Å². The number of aryl methyl sites for hydroxylation is 1. The van der Waals surface area contributed by atoms with E-state index < -0.39 is 11.9 Å². The van der Waals surface area contributed by atoms with Crippen molar-refractivity contribution in [3.05, 3.63) is 47.8 Å². The maximum Gasteiger partial charge on any atom is 0.433 e. The van der Waals surface area contributed by atoms with Gasteiger partial charge in [-0.05, 0) is 36.1 Å². The van der Waals surface area contributed by atoms with E-state index in [0.717, 1.165) is 24.5 Å². The number of fused-ring (bicyclic) bond motifs is 1. The van der Waals surface area contributed by atoms with Gasteiger partial charge in [0.25, 0.3) is 0 Å². The smallest absolute Gasteiger partial charge is 0.433 e. The molecule has 1 aliphatic heterocycles. The molecule has 5 heteroatoms. The zero-order valence-electron chi connectivity index (χ0n) is 10.6. The number of hydrogen-bond acceptors (Lipinski definition) is 2. The van der Waals surface area contributed by atoms with E-state index in [1.54, 1.807) is 12.1 Å². The van der Waals surface area contributed by atoms with Gasteiger partial charge in [0.05, 0.1) is 6.61 Å². The van der Waals surface area contributed by atoms with Gasteiger partial charge < -0.3 is 4.74 Å². The molecule has 104 valence electrons. The highest BCUT2D eigenvalue weighted by atomic mass is 19.4. The molecule has 2 nitrogen and oxygen atoms in total. The molecule has 0 radical (unpaired) electrons. The van der Waals surface area contributed by atoms with Gasteiger partial charge in [-0.25, -0.2) is 0 Å². The van der Waals surface area contributed by atoms with Crippen molar-refractivity contribution < 1.29 is 17.9 Å². The molecule has 0 aliphatic carbocycles. The quantitative estimate of drug-likeness (QED) is 0.784. The number of ether oxygens (including phenoxy) is 1. The fourth-order valence-electron chi connectivity index (χ4n) is 2.37. The number of hydrogen-bond donors (Lipinski definition) is 0. The summed E-state index contributed by atoms with van der Waals surface area (Å²) < 4.78 is 43.8. The van der Waals surface area contributed by atoms with Crippen LogP contribution in [0.15, 0.2) is 36.5 Å². The van der Waals surface area contributed by atoms with Crippen molar-refractivity contribution >= 4 is 0 Å². The van der Waals surface area contributed by atoms with Crippen LogP contribution < -0.4 is 4.74 Å². The van der Waals surface area contributed by atoms with Crippen LogP contribution in [-0.4, -0.2) is 11.6 Å². The van der Waals surface area contributed by atoms with Crippen molar-refractivity contribution in [1.29, 1.82) is 0 Å². The van der Waals surface area contributed by atoms with E-state index in [-0.39, 0.29) is 0 Å². The minimum Gasteiger partial charge on any atom is -0.493 e. The largest absolute Gasteiger partial charge is 0.493 e. The average Bonchev–Trinajstić information content (AvgIpc) is 2.46. The summed E-state index contributed by atoms with van der Waals surface area (Å²) in [6, 6.07) is 8.20. The van der Waals surface area contributed by atoms with E-state index in [1.807, 2.05) is 12.1 Å². The third-order valence-electron chi connectivity index (χ3n) is 3.29. The number of alkyl halides is 3. The van der Waals surface area contributed by atoms with Crippen LogP contribution in [0.2, 0.25) is 0 Å². The van der Waals surface area contributed by atoms with Gasteiger partial charge in [-0.2, -0.15) is 13.2 Å². The normalized spacial score (nSPS) is 14.6. The number of nitrogens with zero attached hydrogens (tertiary/aromatic N) is 1. The molecule has 0 saturated heterocycles. The van der Waals surface area contributed by atoms with Crippen molar-refractivity contribution in [1.82, 2.24) is 4.98 Å². The Labute approximate surface area is 114 Å². The maximum absolute atomic E-state index is 12.7. The lowest BCUT2D eigenvalue weighted by atomic mass is 9.98. The van der Waals surface area contributed by atoms with Crippen molar-refractivity contribution in [2.45, 2.75) is 19.0 Å². The minimum absolute atomic E-state index is 0.478. The molecule has 2 heterocycles. The molecule has 3 rings (SSSR count). The Bertz CT molecular complexity index is 637. The molecular weight excluding hydrogens is 267 g/mol. The summed E-state index contributed by atoms with van der Waals surface area (Å²) in [5.74, 6) is 0.693. The fourth-order valence-corrected chi connectivity index (χ4v) is 2.37. The van der Waals surface area contributed by atoms with Crippen LogP contribution in [-0.2, 0) is 12.6 Å². The number of aromatic nitrogens is 1. The van der Waals surface area contributed by atoms with Gasteiger partial charge in [-0.3, -0.25) is 4.98 Å². The number of pyridine rings is 1. The molecule has 20 heavy (non-hydrogen) atoms.